The van der Waals surface area contributed by atoms with E-state index in [-0.39, 0.29) is 5.95 Å². The summed E-state index contributed by atoms with van der Waals surface area (Å²) in [5, 5.41) is 11.2. The van der Waals surface area contributed by atoms with Crippen molar-refractivity contribution in [2.24, 2.45) is 0 Å². The molecule has 70 valence electrons. The van der Waals surface area contributed by atoms with Crippen molar-refractivity contribution < 1.29 is 9.90 Å². The number of nitrogens with zero attached hydrogens (tertiary/aromatic N) is 2. The van der Waals surface area contributed by atoms with Crippen LogP contribution in [0.15, 0.2) is 12.3 Å². The molecule has 0 aromatic carbocycles. The fourth-order valence-corrected chi connectivity index (χ4v) is 0.738. The van der Waals surface area contributed by atoms with Gasteiger partial charge in [-0.2, -0.15) is 4.98 Å². The van der Waals surface area contributed by atoms with Gasteiger partial charge in [0.2, 0.25) is 5.95 Å². The Kier molecular flexibility index (Phi) is 2.63. The van der Waals surface area contributed by atoms with E-state index in [9.17, 15) is 4.79 Å². The first-order chi connectivity index (χ1) is 6.09. The lowest BCUT2D eigenvalue weighted by atomic mass is 10.3. The number of carboxylic acid groups (broad SMARTS) is 1. The predicted molar refractivity (Wildman–Crippen MR) is 47.2 cm³/mol. The maximum atomic E-state index is 10.5. The number of carboxylic acids is 1. The van der Waals surface area contributed by atoms with Crippen LogP contribution >= 0.6 is 0 Å². The van der Waals surface area contributed by atoms with E-state index in [0.717, 1.165) is 0 Å². The molecule has 1 atom stereocenters. The van der Waals surface area contributed by atoms with Crippen LogP contribution in [0.25, 0.3) is 0 Å². The summed E-state index contributed by atoms with van der Waals surface area (Å²) in [7, 11) is 0. The normalized spacial score (nSPS) is 12.1. The number of aromatic nitrogens is 2. The molecule has 4 N–H and O–H groups in total. The molecule has 0 fully saturated rings. The molecule has 0 aliphatic carbocycles. The number of nitrogens with two attached hydrogens (primary N) is 1. The number of carbonyl (C=O) groups is 1. The highest BCUT2D eigenvalue weighted by molar-refractivity contribution is 5.76. The molecule has 1 rings (SSSR count). The van der Waals surface area contributed by atoms with Gasteiger partial charge >= 0.3 is 5.97 Å². The van der Waals surface area contributed by atoms with Crippen molar-refractivity contribution in [3.05, 3.63) is 12.3 Å². The molecule has 0 unspecified atom stereocenters. The monoisotopic (exact) mass is 182 g/mol. The maximum absolute atomic E-state index is 10.5. The molecule has 6 heteroatoms. The number of rotatable bonds is 3. The van der Waals surface area contributed by atoms with Crippen LogP contribution in [-0.4, -0.2) is 27.1 Å². The van der Waals surface area contributed by atoms with Crippen molar-refractivity contribution in [2.75, 3.05) is 11.1 Å². The standard InChI is InChI=1S/C7H10N4O2/c1-4(6(12)13)10-5-2-3-9-7(8)11-5/h2-4H,1H3,(H,12,13)(H3,8,9,10,11)/t4-/m0/s1. The van der Waals surface area contributed by atoms with Crippen LogP contribution in [0.2, 0.25) is 0 Å². The highest BCUT2D eigenvalue weighted by Crippen LogP contribution is 2.04. The van der Waals surface area contributed by atoms with Crippen molar-refractivity contribution >= 4 is 17.7 Å². The van der Waals surface area contributed by atoms with Gasteiger partial charge in [0.05, 0.1) is 0 Å². The Labute approximate surface area is 74.8 Å². The summed E-state index contributed by atoms with van der Waals surface area (Å²) in [5.74, 6) is -0.429. The zero-order valence-electron chi connectivity index (χ0n) is 7.06. The smallest absolute Gasteiger partial charge is 0.325 e. The van der Waals surface area contributed by atoms with Gasteiger partial charge in [-0.25, -0.2) is 4.98 Å². The van der Waals surface area contributed by atoms with Gasteiger partial charge in [-0.05, 0) is 13.0 Å². The third-order valence-corrected chi connectivity index (χ3v) is 1.41. The molecule has 0 saturated heterocycles. The van der Waals surface area contributed by atoms with E-state index < -0.39 is 12.0 Å². The van der Waals surface area contributed by atoms with E-state index in [4.69, 9.17) is 10.8 Å². The molecule has 1 heterocycles. The molecule has 13 heavy (non-hydrogen) atoms. The van der Waals surface area contributed by atoms with Crippen LogP contribution in [0, 0.1) is 0 Å². The Morgan fingerprint density at radius 2 is 2.46 bits per heavy atom. The Balaban J connectivity index is 2.69. The van der Waals surface area contributed by atoms with Crippen LogP contribution in [0.3, 0.4) is 0 Å². The van der Waals surface area contributed by atoms with Gasteiger partial charge in [0.1, 0.15) is 11.9 Å². The van der Waals surface area contributed by atoms with E-state index in [1.807, 2.05) is 0 Å². The highest BCUT2D eigenvalue weighted by Gasteiger charge is 2.10. The summed E-state index contributed by atoms with van der Waals surface area (Å²) in [4.78, 5) is 17.9. The third-order valence-electron chi connectivity index (χ3n) is 1.41. The van der Waals surface area contributed by atoms with E-state index >= 15 is 0 Å². The molecule has 0 amide bonds. The number of nitrogen functional groups attached to an aromatic ring is 1. The topological polar surface area (TPSA) is 101 Å². The molecule has 6 nitrogen and oxygen atoms in total. The van der Waals surface area contributed by atoms with Gasteiger partial charge in [0.25, 0.3) is 0 Å². The largest absolute Gasteiger partial charge is 0.480 e. The number of aliphatic carboxylic acids is 1. The molecule has 0 aliphatic heterocycles. The second-order valence-corrected chi connectivity index (χ2v) is 2.50. The lowest BCUT2D eigenvalue weighted by Gasteiger charge is -2.08. The van der Waals surface area contributed by atoms with Gasteiger partial charge in [0, 0.05) is 6.20 Å². The second kappa shape index (κ2) is 3.70. The molecule has 1 aromatic heterocycles. The fourth-order valence-electron chi connectivity index (χ4n) is 0.738. The summed E-state index contributed by atoms with van der Waals surface area (Å²) in [6, 6.07) is 0.852. The Hall–Kier alpha value is -1.85. The third kappa shape index (κ3) is 2.58. The van der Waals surface area contributed by atoms with Crippen molar-refractivity contribution in [1.82, 2.24) is 9.97 Å². The molecule has 1 aromatic rings. The first-order valence-corrected chi connectivity index (χ1v) is 3.67. The number of hydrogen-bond acceptors (Lipinski definition) is 5. The minimum atomic E-state index is -0.947. The zero-order valence-corrected chi connectivity index (χ0v) is 7.06. The van der Waals surface area contributed by atoms with E-state index in [1.54, 1.807) is 6.07 Å². The number of nitrogens with one attached hydrogen (secondary N) is 1. The molecule has 0 bridgehead atoms. The van der Waals surface area contributed by atoms with Gasteiger partial charge in [-0.3, -0.25) is 4.79 Å². The predicted octanol–water partition coefficient (Wildman–Crippen LogP) is -0.0562. The summed E-state index contributed by atoms with van der Waals surface area (Å²) < 4.78 is 0. The van der Waals surface area contributed by atoms with Crippen LogP contribution in [0.5, 0.6) is 0 Å². The molecular weight excluding hydrogens is 172 g/mol. The molecule has 0 spiro atoms. The number of anilines is 2. The average Bonchev–Trinajstić information content (AvgIpc) is 2.04. The van der Waals surface area contributed by atoms with Gasteiger partial charge < -0.3 is 16.2 Å². The summed E-state index contributed by atoms with van der Waals surface area (Å²) in [6.45, 7) is 1.51. The SMILES string of the molecule is C[C@H](Nc1ccnc(N)n1)C(=O)O. The maximum Gasteiger partial charge on any atom is 0.325 e. The quantitative estimate of drug-likeness (QED) is 0.605. The summed E-state index contributed by atoms with van der Waals surface area (Å²) >= 11 is 0. The lowest BCUT2D eigenvalue weighted by molar-refractivity contribution is -0.137. The number of hydrogen-bond donors (Lipinski definition) is 3. The first-order valence-electron chi connectivity index (χ1n) is 3.67. The zero-order chi connectivity index (χ0) is 9.84. The summed E-state index contributed by atoms with van der Waals surface area (Å²) in [6.07, 6.45) is 1.46. The van der Waals surface area contributed by atoms with Gasteiger partial charge in [-0.1, -0.05) is 0 Å². The van der Waals surface area contributed by atoms with Crippen molar-refractivity contribution in [3.8, 4) is 0 Å². The fraction of sp³-hybridized carbons (Fsp3) is 0.286. The Bertz CT molecular complexity index is 315. The minimum Gasteiger partial charge on any atom is -0.480 e. The molecule has 0 aliphatic rings. The molecule has 0 radical (unpaired) electrons. The van der Waals surface area contributed by atoms with Gasteiger partial charge in [0.15, 0.2) is 0 Å². The van der Waals surface area contributed by atoms with Crippen LogP contribution in [0.4, 0.5) is 11.8 Å². The van der Waals surface area contributed by atoms with E-state index in [2.05, 4.69) is 15.3 Å². The van der Waals surface area contributed by atoms with E-state index in [0.29, 0.717) is 5.82 Å². The van der Waals surface area contributed by atoms with Crippen molar-refractivity contribution in [2.45, 2.75) is 13.0 Å². The minimum absolute atomic E-state index is 0.114. The second-order valence-electron chi connectivity index (χ2n) is 2.50. The van der Waals surface area contributed by atoms with Crippen LogP contribution < -0.4 is 11.1 Å². The lowest BCUT2D eigenvalue weighted by Crippen LogP contribution is -2.26. The van der Waals surface area contributed by atoms with Crippen molar-refractivity contribution in [1.29, 1.82) is 0 Å². The Morgan fingerprint density at radius 3 is 3.00 bits per heavy atom. The van der Waals surface area contributed by atoms with E-state index in [1.165, 1.54) is 13.1 Å². The molecular formula is C7H10N4O2. The molecule has 0 saturated carbocycles. The van der Waals surface area contributed by atoms with Crippen molar-refractivity contribution in [3.63, 3.8) is 0 Å². The highest BCUT2D eigenvalue weighted by atomic mass is 16.4. The van der Waals surface area contributed by atoms with Crippen LogP contribution in [0.1, 0.15) is 6.92 Å². The average molecular weight is 182 g/mol. The van der Waals surface area contributed by atoms with Crippen LogP contribution in [-0.2, 0) is 4.79 Å². The Morgan fingerprint density at radius 1 is 1.77 bits per heavy atom. The van der Waals surface area contributed by atoms with Gasteiger partial charge in [-0.15, -0.1) is 0 Å². The first kappa shape index (κ1) is 9.24. The summed E-state index contributed by atoms with van der Waals surface area (Å²) in [5.41, 5.74) is 5.30.